The lowest BCUT2D eigenvalue weighted by atomic mass is 9.87. The number of methoxy groups -OCH3 is 1. The zero-order chi connectivity index (χ0) is 15.7. The van der Waals surface area contributed by atoms with Crippen molar-refractivity contribution in [2.45, 2.75) is 44.4 Å². The van der Waals surface area contributed by atoms with Crippen molar-refractivity contribution in [1.29, 1.82) is 0 Å². The Balaban J connectivity index is 2.99. The largest absolute Gasteiger partial charge is 0.467 e. The van der Waals surface area contributed by atoms with Crippen LogP contribution in [0.2, 0.25) is 0 Å². The monoisotopic (exact) mass is 309 g/mol. The zero-order valence-electron chi connectivity index (χ0n) is 13.5. The van der Waals surface area contributed by atoms with E-state index in [2.05, 4.69) is 19.2 Å². The number of hydrogen-bond acceptors (Lipinski definition) is 4. The third-order valence-corrected chi connectivity index (χ3v) is 5.08. The Morgan fingerprint density at radius 3 is 2.52 bits per heavy atom. The summed E-state index contributed by atoms with van der Waals surface area (Å²) in [6, 6.07) is 9.88. The number of carbonyl (C=O) groups excluding carboxylic acids is 1. The molecule has 0 aromatic heterocycles. The summed E-state index contributed by atoms with van der Waals surface area (Å²) in [5.41, 5.74) is 0.231. The average molecular weight is 309 g/mol. The molecular weight excluding hydrogens is 282 g/mol. The summed E-state index contributed by atoms with van der Waals surface area (Å²) in [7, 11) is 1.46. The van der Waals surface area contributed by atoms with E-state index >= 15 is 0 Å². The molecule has 0 radical (unpaired) electrons. The van der Waals surface area contributed by atoms with E-state index in [1.807, 2.05) is 49.0 Å². The van der Waals surface area contributed by atoms with Gasteiger partial charge in [0.05, 0.1) is 7.11 Å². The Labute approximate surface area is 132 Å². The molecule has 0 aliphatic rings. The quantitative estimate of drug-likeness (QED) is 0.708. The highest BCUT2D eigenvalue weighted by Crippen LogP contribution is 2.29. The first-order chi connectivity index (χ1) is 10.1. The van der Waals surface area contributed by atoms with Crippen LogP contribution >= 0.6 is 11.8 Å². The molecule has 1 N–H and O–H groups in total. The van der Waals surface area contributed by atoms with Gasteiger partial charge in [0.1, 0.15) is 5.54 Å². The van der Waals surface area contributed by atoms with Crippen molar-refractivity contribution >= 4 is 17.7 Å². The Kier molecular flexibility index (Phi) is 7.83. The molecule has 4 heteroatoms. The van der Waals surface area contributed by atoms with Gasteiger partial charge in [0.2, 0.25) is 0 Å². The van der Waals surface area contributed by atoms with Crippen LogP contribution in [-0.4, -0.2) is 30.6 Å². The predicted molar refractivity (Wildman–Crippen MR) is 90.6 cm³/mol. The smallest absolute Gasteiger partial charge is 0.330 e. The highest BCUT2D eigenvalue weighted by molar-refractivity contribution is 7.99. The van der Waals surface area contributed by atoms with Gasteiger partial charge in [-0.1, -0.05) is 51.1 Å². The third-order valence-electron chi connectivity index (χ3n) is 3.73. The van der Waals surface area contributed by atoms with Crippen molar-refractivity contribution in [3.8, 4) is 0 Å². The summed E-state index contributed by atoms with van der Waals surface area (Å²) in [6.45, 7) is 7.15. The number of carbonyl (C=O) groups is 1. The first kappa shape index (κ1) is 18.1. The number of benzene rings is 1. The SMILES string of the molecule is CCNC(CCSC(C)CC)(C(=O)OC)c1ccccc1. The van der Waals surface area contributed by atoms with Crippen molar-refractivity contribution in [2.24, 2.45) is 0 Å². The average Bonchev–Trinajstić information content (AvgIpc) is 2.53. The molecule has 1 aromatic rings. The van der Waals surface area contributed by atoms with Gasteiger partial charge in [-0.15, -0.1) is 0 Å². The van der Waals surface area contributed by atoms with Crippen LogP contribution in [0.5, 0.6) is 0 Å². The number of rotatable bonds is 9. The molecule has 2 atom stereocenters. The maximum atomic E-state index is 12.5. The Morgan fingerprint density at radius 2 is 2.00 bits per heavy atom. The first-order valence-corrected chi connectivity index (χ1v) is 8.66. The molecule has 0 saturated heterocycles. The van der Waals surface area contributed by atoms with Crippen LogP contribution in [0.3, 0.4) is 0 Å². The Bertz CT molecular complexity index is 424. The van der Waals surface area contributed by atoms with Crippen LogP contribution in [0.1, 0.15) is 39.2 Å². The molecule has 0 bridgehead atoms. The summed E-state index contributed by atoms with van der Waals surface area (Å²) in [5.74, 6) is 0.715. The molecule has 0 amide bonds. The fourth-order valence-corrected chi connectivity index (χ4v) is 3.42. The maximum Gasteiger partial charge on any atom is 0.330 e. The summed E-state index contributed by atoms with van der Waals surface area (Å²) >= 11 is 1.90. The molecule has 2 unspecified atom stereocenters. The van der Waals surface area contributed by atoms with Crippen LogP contribution in [-0.2, 0) is 15.1 Å². The van der Waals surface area contributed by atoms with Gasteiger partial charge >= 0.3 is 5.97 Å². The van der Waals surface area contributed by atoms with Crippen molar-refractivity contribution in [3.63, 3.8) is 0 Å². The summed E-state index contributed by atoms with van der Waals surface area (Å²) in [5, 5.41) is 3.98. The molecule has 0 aliphatic carbocycles. The van der Waals surface area contributed by atoms with Crippen molar-refractivity contribution in [1.82, 2.24) is 5.32 Å². The summed E-state index contributed by atoms with van der Waals surface area (Å²) in [6.07, 6.45) is 1.87. The van der Waals surface area contributed by atoms with Crippen LogP contribution in [0.15, 0.2) is 30.3 Å². The van der Waals surface area contributed by atoms with E-state index < -0.39 is 5.54 Å². The van der Waals surface area contributed by atoms with Crippen molar-refractivity contribution < 1.29 is 9.53 Å². The van der Waals surface area contributed by atoms with Crippen LogP contribution in [0.25, 0.3) is 0 Å². The normalized spacial score (nSPS) is 15.2. The van der Waals surface area contributed by atoms with Crippen molar-refractivity contribution in [3.05, 3.63) is 35.9 Å². The fraction of sp³-hybridized carbons (Fsp3) is 0.588. The highest BCUT2D eigenvalue weighted by atomic mass is 32.2. The zero-order valence-corrected chi connectivity index (χ0v) is 14.3. The fourth-order valence-electron chi connectivity index (χ4n) is 2.36. The molecule has 1 rings (SSSR count). The maximum absolute atomic E-state index is 12.5. The highest BCUT2D eigenvalue weighted by Gasteiger charge is 2.40. The van der Waals surface area contributed by atoms with Crippen LogP contribution in [0.4, 0.5) is 0 Å². The minimum atomic E-state index is -0.745. The topological polar surface area (TPSA) is 38.3 Å². The molecule has 0 saturated carbocycles. The molecule has 0 heterocycles. The summed E-state index contributed by atoms with van der Waals surface area (Å²) < 4.78 is 5.10. The van der Waals surface area contributed by atoms with Gasteiger partial charge in [0, 0.05) is 5.25 Å². The van der Waals surface area contributed by atoms with Gasteiger partial charge in [-0.2, -0.15) is 11.8 Å². The second-order valence-corrected chi connectivity index (χ2v) is 6.68. The second kappa shape index (κ2) is 9.11. The number of thioether (sulfide) groups is 1. The summed E-state index contributed by atoms with van der Waals surface area (Å²) in [4.78, 5) is 12.5. The predicted octanol–water partition coefficient (Wildman–Crippen LogP) is 3.59. The minimum Gasteiger partial charge on any atom is -0.467 e. The van der Waals surface area contributed by atoms with Crippen molar-refractivity contribution in [2.75, 3.05) is 19.4 Å². The minimum absolute atomic E-state index is 0.208. The molecular formula is C17H27NO2S. The molecule has 0 aliphatic heterocycles. The molecule has 3 nitrogen and oxygen atoms in total. The molecule has 118 valence electrons. The standard InChI is InChI=1S/C17H27NO2S/c1-5-14(3)21-13-12-17(18-6-2,16(19)20-4)15-10-8-7-9-11-15/h7-11,14,18H,5-6,12-13H2,1-4H3. The Hall–Kier alpha value is -1.00. The van der Waals surface area contributed by atoms with Gasteiger partial charge in [-0.05, 0) is 30.7 Å². The van der Waals surface area contributed by atoms with E-state index in [0.717, 1.165) is 30.7 Å². The lowest BCUT2D eigenvalue weighted by Gasteiger charge is -2.32. The molecule has 0 spiro atoms. The third kappa shape index (κ3) is 4.75. The van der Waals surface area contributed by atoms with Gasteiger partial charge in [-0.3, -0.25) is 5.32 Å². The first-order valence-electron chi connectivity index (χ1n) is 7.61. The van der Waals surface area contributed by atoms with Crippen LogP contribution < -0.4 is 5.32 Å². The number of hydrogen-bond donors (Lipinski definition) is 1. The van der Waals surface area contributed by atoms with E-state index in [4.69, 9.17) is 4.74 Å². The molecule has 0 fully saturated rings. The lowest BCUT2D eigenvalue weighted by molar-refractivity contribution is -0.149. The van der Waals surface area contributed by atoms with E-state index in [9.17, 15) is 4.79 Å². The van der Waals surface area contributed by atoms with Gasteiger partial charge in [0.25, 0.3) is 0 Å². The molecule has 21 heavy (non-hydrogen) atoms. The number of ether oxygens (including phenoxy) is 1. The molecule has 1 aromatic carbocycles. The Morgan fingerprint density at radius 1 is 1.33 bits per heavy atom. The van der Waals surface area contributed by atoms with Gasteiger partial charge in [0.15, 0.2) is 0 Å². The lowest BCUT2D eigenvalue weighted by Crippen LogP contribution is -2.50. The van der Waals surface area contributed by atoms with E-state index in [0.29, 0.717) is 5.25 Å². The van der Waals surface area contributed by atoms with Gasteiger partial charge in [-0.25, -0.2) is 4.79 Å². The second-order valence-electron chi connectivity index (χ2n) is 5.13. The van der Waals surface area contributed by atoms with Crippen LogP contribution in [0, 0.1) is 0 Å². The number of esters is 1. The van der Waals surface area contributed by atoms with E-state index in [1.54, 1.807) is 0 Å². The number of nitrogens with one attached hydrogen (secondary N) is 1. The van der Waals surface area contributed by atoms with Gasteiger partial charge < -0.3 is 4.74 Å². The number of likely N-dealkylation sites (N-methyl/N-ethyl adjacent to an activating group) is 1. The van der Waals surface area contributed by atoms with E-state index in [-0.39, 0.29) is 5.97 Å². The van der Waals surface area contributed by atoms with E-state index in [1.165, 1.54) is 7.11 Å².